The third-order valence-electron chi connectivity index (χ3n) is 4.35. The van der Waals surface area contributed by atoms with Crippen LogP contribution in [0.2, 0.25) is 0 Å². The van der Waals surface area contributed by atoms with E-state index in [1.165, 1.54) is 24.3 Å². The van der Waals surface area contributed by atoms with Crippen LogP contribution < -0.4 is 15.0 Å². The lowest BCUT2D eigenvalue weighted by Gasteiger charge is -2.20. The van der Waals surface area contributed by atoms with Gasteiger partial charge in [0.05, 0.1) is 23.8 Å². The summed E-state index contributed by atoms with van der Waals surface area (Å²) < 4.78 is 5.58. The predicted octanol–water partition coefficient (Wildman–Crippen LogP) is 2.78. The van der Waals surface area contributed by atoms with Gasteiger partial charge in [-0.05, 0) is 43.3 Å². The highest BCUT2D eigenvalue weighted by Crippen LogP contribution is 2.33. The molecule has 140 valence electrons. The predicted molar refractivity (Wildman–Crippen MR) is 100 cm³/mol. The summed E-state index contributed by atoms with van der Waals surface area (Å²) in [6.45, 7) is 2.62. The van der Waals surface area contributed by atoms with Crippen LogP contribution in [0.1, 0.15) is 23.7 Å². The summed E-state index contributed by atoms with van der Waals surface area (Å²) in [4.78, 5) is 37.4. The van der Waals surface area contributed by atoms with Crippen molar-refractivity contribution in [1.29, 1.82) is 0 Å². The molecule has 3 rings (SSSR count). The summed E-state index contributed by atoms with van der Waals surface area (Å²) in [6.07, 6.45) is 0.111. The average molecular weight is 368 g/mol. The van der Waals surface area contributed by atoms with Crippen LogP contribution in [0, 0.1) is 5.92 Å². The van der Waals surface area contributed by atoms with Crippen LogP contribution in [0.4, 0.5) is 11.4 Å². The monoisotopic (exact) mass is 368 g/mol. The number of benzene rings is 2. The normalized spacial score (nSPS) is 16.3. The van der Waals surface area contributed by atoms with Crippen LogP contribution in [0.5, 0.6) is 5.75 Å². The van der Waals surface area contributed by atoms with Crippen molar-refractivity contribution < 1.29 is 24.2 Å². The van der Waals surface area contributed by atoms with E-state index in [2.05, 4.69) is 5.32 Å². The van der Waals surface area contributed by atoms with Gasteiger partial charge in [-0.15, -0.1) is 0 Å². The van der Waals surface area contributed by atoms with Gasteiger partial charge in [0, 0.05) is 18.7 Å². The van der Waals surface area contributed by atoms with Crippen molar-refractivity contribution in [2.45, 2.75) is 13.3 Å². The maximum absolute atomic E-state index is 12.5. The minimum absolute atomic E-state index is 0.111. The zero-order valence-corrected chi connectivity index (χ0v) is 14.8. The Bertz CT molecular complexity index is 863. The van der Waals surface area contributed by atoms with Gasteiger partial charge in [0.1, 0.15) is 5.75 Å². The molecule has 0 bridgehead atoms. The lowest BCUT2D eigenvalue weighted by molar-refractivity contribution is -0.122. The first kappa shape index (κ1) is 18.4. The number of nitrogens with zero attached hydrogens (tertiary/aromatic N) is 1. The van der Waals surface area contributed by atoms with Crippen molar-refractivity contribution in [2.75, 3.05) is 23.4 Å². The molecule has 2 N–H and O–H groups in total. The number of carboxylic acid groups (broad SMARTS) is 1. The van der Waals surface area contributed by atoms with Crippen molar-refractivity contribution in [3.63, 3.8) is 0 Å². The number of para-hydroxylation sites is 2. The Hall–Kier alpha value is -3.35. The number of aromatic carboxylic acids is 1. The molecule has 1 atom stereocenters. The number of hydrogen-bond acceptors (Lipinski definition) is 4. The molecule has 2 aromatic carbocycles. The number of carbonyl (C=O) groups excluding carboxylic acids is 2. The molecule has 7 nitrogen and oxygen atoms in total. The van der Waals surface area contributed by atoms with Gasteiger partial charge in [-0.1, -0.05) is 12.1 Å². The topological polar surface area (TPSA) is 95.9 Å². The summed E-state index contributed by atoms with van der Waals surface area (Å²) in [5.74, 6) is -1.32. The quantitative estimate of drug-likeness (QED) is 0.817. The van der Waals surface area contributed by atoms with Crippen LogP contribution >= 0.6 is 0 Å². The Morgan fingerprint density at radius 1 is 1.19 bits per heavy atom. The zero-order chi connectivity index (χ0) is 19.4. The highest BCUT2D eigenvalue weighted by molar-refractivity contribution is 6.04. The third kappa shape index (κ3) is 4.08. The first-order chi connectivity index (χ1) is 13.0. The Balaban J connectivity index is 1.70. The van der Waals surface area contributed by atoms with E-state index in [9.17, 15) is 14.4 Å². The summed E-state index contributed by atoms with van der Waals surface area (Å²) >= 11 is 0. The van der Waals surface area contributed by atoms with Crippen molar-refractivity contribution in [2.24, 2.45) is 5.92 Å². The SMILES string of the molecule is CCOc1ccccc1N1C[C@@H](C(=O)Nc2ccc(C(=O)O)cc2)CC1=O. The highest BCUT2D eigenvalue weighted by atomic mass is 16.5. The first-order valence-electron chi connectivity index (χ1n) is 8.66. The third-order valence-corrected chi connectivity index (χ3v) is 4.35. The molecule has 1 heterocycles. The average Bonchev–Trinajstić information content (AvgIpc) is 3.05. The molecule has 0 aromatic heterocycles. The Labute approximate surface area is 156 Å². The number of nitrogens with one attached hydrogen (secondary N) is 1. The lowest BCUT2D eigenvalue weighted by Crippen LogP contribution is -2.28. The number of carboxylic acids is 1. The maximum atomic E-state index is 12.5. The molecule has 2 aromatic rings. The van der Waals surface area contributed by atoms with E-state index in [-0.39, 0.29) is 30.3 Å². The van der Waals surface area contributed by atoms with Gasteiger partial charge in [-0.25, -0.2) is 4.79 Å². The van der Waals surface area contributed by atoms with E-state index < -0.39 is 11.9 Å². The number of hydrogen-bond donors (Lipinski definition) is 2. The molecule has 2 amide bonds. The lowest BCUT2D eigenvalue weighted by atomic mass is 10.1. The largest absolute Gasteiger partial charge is 0.492 e. The van der Waals surface area contributed by atoms with Crippen molar-refractivity contribution in [3.05, 3.63) is 54.1 Å². The second-order valence-electron chi connectivity index (χ2n) is 6.18. The van der Waals surface area contributed by atoms with Gasteiger partial charge in [0.2, 0.25) is 11.8 Å². The van der Waals surface area contributed by atoms with E-state index in [1.54, 1.807) is 17.0 Å². The molecular weight excluding hydrogens is 348 g/mol. The number of amides is 2. The first-order valence-corrected chi connectivity index (χ1v) is 8.66. The smallest absolute Gasteiger partial charge is 0.335 e. The number of rotatable bonds is 6. The fourth-order valence-electron chi connectivity index (χ4n) is 3.01. The van der Waals surface area contributed by atoms with Crippen molar-refractivity contribution in [1.82, 2.24) is 0 Å². The molecular formula is C20H20N2O5. The summed E-state index contributed by atoms with van der Waals surface area (Å²) in [6, 6.07) is 13.1. The van der Waals surface area contributed by atoms with Gasteiger partial charge >= 0.3 is 5.97 Å². The fraction of sp³-hybridized carbons (Fsp3) is 0.250. The molecule has 0 spiro atoms. The van der Waals surface area contributed by atoms with E-state index in [4.69, 9.17) is 9.84 Å². The van der Waals surface area contributed by atoms with Crippen LogP contribution in [0.25, 0.3) is 0 Å². The Morgan fingerprint density at radius 2 is 1.89 bits per heavy atom. The van der Waals surface area contributed by atoms with Gasteiger partial charge in [0.25, 0.3) is 0 Å². The molecule has 0 unspecified atom stereocenters. The number of carbonyl (C=O) groups is 3. The number of ether oxygens (including phenoxy) is 1. The Morgan fingerprint density at radius 3 is 2.56 bits per heavy atom. The molecule has 1 aliphatic heterocycles. The molecule has 1 aliphatic rings. The minimum Gasteiger partial charge on any atom is -0.492 e. The van der Waals surface area contributed by atoms with Crippen molar-refractivity contribution >= 4 is 29.2 Å². The van der Waals surface area contributed by atoms with Gasteiger partial charge in [-0.3, -0.25) is 9.59 Å². The van der Waals surface area contributed by atoms with Gasteiger partial charge in [0.15, 0.2) is 0 Å². The summed E-state index contributed by atoms with van der Waals surface area (Å²) in [5, 5.41) is 11.7. The van der Waals surface area contributed by atoms with Gasteiger partial charge in [-0.2, -0.15) is 0 Å². The molecule has 27 heavy (non-hydrogen) atoms. The van der Waals surface area contributed by atoms with E-state index in [1.807, 2.05) is 19.1 Å². The Kier molecular flexibility index (Phi) is 5.40. The van der Waals surface area contributed by atoms with Crippen LogP contribution in [-0.2, 0) is 9.59 Å². The second kappa shape index (κ2) is 7.90. The molecule has 7 heteroatoms. The summed E-state index contributed by atoms with van der Waals surface area (Å²) in [5.41, 5.74) is 1.29. The van der Waals surface area contributed by atoms with Crippen LogP contribution in [-0.4, -0.2) is 36.0 Å². The minimum atomic E-state index is -1.03. The number of anilines is 2. The molecule has 1 saturated heterocycles. The van der Waals surface area contributed by atoms with Crippen LogP contribution in [0.3, 0.4) is 0 Å². The standard InChI is InChI=1S/C20H20N2O5/c1-2-27-17-6-4-3-5-16(17)22-12-14(11-18(22)23)19(24)21-15-9-7-13(8-10-15)20(25)26/h3-10,14H,2,11-12H2,1H3,(H,21,24)(H,25,26)/t14-/m0/s1. The van der Waals surface area contributed by atoms with E-state index >= 15 is 0 Å². The summed E-state index contributed by atoms with van der Waals surface area (Å²) in [7, 11) is 0. The molecule has 0 saturated carbocycles. The maximum Gasteiger partial charge on any atom is 0.335 e. The fourth-order valence-corrected chi connectivity index (χ4v) is 3.01. The second-order valence-corrected chi connectivity index (χ2v) is 6.18. The zero-order valence-electron chi connectivity index (χ0n) is 14.8. The van der Waals surface area contributed by atoms with E-state index in [0.29, 0.717) is 23.7 Å². The molecule has 0 radical (unpaired) electrons. The van der Waals surface area contributed by atoms with Gasteiger partial charge < -0.3 is 20.1 Å². The highest BCUT2D eigenvalue weighted by Gasteiger charge is 2.36. The van der Waals surface area contributed by atoms with E-state index in [0.717, 1.165) is 0 Å². The van der Waals surface area contributed by atoms with Crippen LogP contribution in [0.15, 0.2) is 48.5 Å². The molecule has 0 aliphatic carbocycles. The molecule has 1 fully saturated rings. The van der Waals surface area contributed by atoms with Crippen molar-refractivity contribution in [3.8, 4) is 5.75 Å².